The highest BCUT2D eigenvalue weighted by molar-refractivity contribution is 7.92. The first-order chi connectivity index (χ1) is 23.1. The lowest BCUT2D eigenvalue weighted by Crippen LogP contribution is -2.35. The molecule has 2 heterocycles. The molecule has 1 aromatic heterocycles. The Kier molecular flexibility index (Phi) is 9.98. The Balaban J connectivity index is 0.000000606. The maximum atomic E-state index is 14.2. The summed E-state index contributed by atoms with van der Waals surface area (Å²) >= 11 is 0. The number of likely N-dealkylation sites (N-methyl/N-ethyl adjacent to an activating group) is 1. The fourth-order valence-corrected chi connectivity index (χ4v) is 7.12. The molecule has 0 unspecified atom stereocenters. The lowest BCUT2D eigenvalue weighted by atomic mass is 10.0. The number of anilines is 3. The number of alkyl halides is 3. The number of nitrogens with one attached hydrogen (secondary N) is 2. The Morgan fingerprint density at radius 3 is 2.51 bits per heavy atom. The van der Waals surface area contributed by atoms with Crippen molar-refractivity contribution in [1.82, 2.24) is 9.88 Å². The van der Waals surface area contributed by atoms with Gasteiger partial charge in [0.25, 0.3) is 0 Å². The molecule has 49 heavy (non-hydrogen) atoms. The van der Waals surface area contributed by atoms with E-state index in [1.54, 1.807) is 25.4 Å². The number of carbonyl (C=O) groups excluding carboxylic acids is 2. The second kappa shape index (κ2) is 14.0. The number of amides is 2. The summed E-state index contributed by atoms with van der Waals surface area (Å²) in [5, 5.41) is 14.5. The normalized spacial score (nSPS) is 17.1. The van der Waals surface area contributed by atoms with Crippen LogP contribution in [0.1, 0.15) is 35.6 Å². The summed E-state index contributed by atoms with van der Waals surface area (Å²) in [5.74, 6) is -2.59. The zero-order chi connectivity index (χ0) is 35.5. The number of nitrogens with zero attached hydrogens (tertiary/aromatic N) is 2. The number of carboxylic acids is 1. The van der Waals surface area contributed by atoms with Crippen molar-refractivity contribution in [2.75, 3.05) is 30.0 Å². The Bertz CT molecular complexity index is 2020. The number of hydrogen-bond acceptors (Lipinski definition) is 9. The largest absolute Gasteiger partial charge is 0.490 e. The highest BCUT2D eigenvalue weighted by Crippen LogP contribution is 2.36. The number of carbonyl (C=O) groups is 3. The van der Waals surface area contributed by atoms with E-state index in [1.165, 1.54) is 11.0 Å². The van der Waals surface area contributed by atoms with Crippen LogP contribution in [0, 0.1) is 0 Å². The highest BCUT2D eigenvalue weighted by atomic mass is 32.2. The predicted octanol–water partition coefficient (Wildman–Crippen LogP) is 5.30. The van der Waals surface area contributed by atoms with Crippen LogP contribution < -0.4 is 16.4 Å². The predicted molar refractivity (Wildman–Crippen MR) is 174 cm³/mol. The summed E-state index contributed by atoms with van der Waals surface area (Å²) in [6.07, 6.45) is -2.42. The van der Waals surface area contributed by atoms with Gasteiger partial charge < -0.3 is 25.8 Å². The van der Waals surface area contributed by atoms with Gasteiger partial charge >= 0.3 is 18.2 Å². The topological polar surface area (TPSA) is 181 Å². The fraction of sp³-hybridized carbons (Fsp3) is 0.273. The van der Waals surface area contributed by atoms with Gasteiger partial charge in [-0.25, -0.2) is 23.0 Å². The molecular weight excluding hydrogens is 667 g/mol. The van der Waals surface area contributed by atoms with Gasteiger partial charge in [-0.3, -0.25) is 10.1 Å². The smallest absolute Gasteiger partial charge is 0.475 e. The molecule has 2 aliphatic rings. The van der Waals surface area contributed by atoms with Crippen molar-refractivity contribution < 1.29 is 45.8 Å². The average Bonchev–Trinajstić information content (AvgIpc) is 3.90. The van der Waals surface area contributed by atoms with E-state index in [2.05, 4.69) is 15.6 Å². The van der Waals surface area contributed by atoms with Gasteiger partial charge in [0.1, 0.15) is 11.9 Å². The molecule has 3 aromatic carbocycles. The molecule has 1 aliphatic carbocycles. The van der Waals surface area contributed by atoms with E-state index in [0.717, 1.165) is 21.9 Å². The first-order valence-corrected chi connectivity index (χ1v) is 16.5. The Labute approximate surface area is 279 Å². The number of pyridine rings is 1. The van der Waals surface area contributed by atoms with Gasteiger partial charge in [-0.1, -0.05) is 24.3 Å². The second-order valence-electron chi connectivity index (χ2n) is 11.5. The minimum atomic E-state index is -5.08. The van der Waals surface area contributed by atoms with E-state index in [1.807, 2.05) is 48.5 Å². The van der Waals surface area contributed by atoms with Crippen LogP contribution in [0.5, 0.6) is 0 Å². The van der Waals surface area contributed by atoms with Gasteiger partial charge in [0.2, 0.25) is 5.91 Å². The molecule has 2 amide bonds. The summed E-state index contributed by atoms with van der Waals surface area (Å²) in [6, 6.07) is 18.9. The van der Waals surface area contributed by atoms with E-state index in [9.17, 15) is 31.2 Å². The number of hydrogen-bond donors (Lipinski definition) is 4. The molecule has 6 rings (SSSR count). The first-order valence-electron chi connectivity index (χ1n) is 15.0. The van der Waals surface area contributed by atoms with Crippen LogP contribution in [0.25, 0.3) is 10.8 Å². The number of nitrogen functional groups attached to an aromatic ring is 1. The summed E-state index contributed by atoms with van der Waals surface area (Å²) in [4.78, 5) is 41.4. The van der Waals surface area contributed by atoms with Gasteiger partial charge in [-0.05, 0) is 77.4 Å². The number of rotatable bonds is 4. The van der Waals surface area contributed by atoms with Crippen molar-refractivity contribution in [1.29, 1.82) is 0 Å². The highest BCUT2D eigenvalue weighted by Gasteiger charge is 2.39. The number of fused-ring (bicyclic) bond motifs is 5. The zero-order valence-corrected chi connectivity index (χ0v) is 26.8. The van der Waals surface area contributed by atoms with Crippen LogP contribution >= 0.6 is 0 Å². The molecule has 1 atom stereocenters. The number of halogens is 3. The number of aliphatic carboxylic acids is 1. The molecule has 0 radical (unpaired) electrons. The van der Waals surface area contributed by atoms with Crippen LogP contribution in [0.4, 0.5) is 35.2 Å². The number of sulfone groups is 1. The molecular formula is C33H32F3N5O7S. The van der Waals surface area contributed by atoms with Crippen molar-refractivity contribution in [3.63, 3.8) is 0 Å². The first kappa shape index (κ1) is 34.9. The number of ether oxygens (including phenoxy) is 1. The maximum absolute atomic E-state index is 14.2. The molecule has 0 saturated heterocycles. The van der Waals surface area contributed by atoms with E-state index in [-0.39, 0.29) is 24.0 Å². The van der Waals surface area contributed by atoms with Crippen LogP contribution in [0.3, 0.4) is 0 Å². The lowest BCUT2D eigenvalue weighted by molar-refractivity contribution is -0.192. The minimum absolute atomic E-state index is 0.0163. The van der Waals surface area contributed by atoms with Crippen LogP contribution in [-0.4, -0.2) is 66.5 Å². The third kappa shape index (κ3) is 8.38. The van der Waals surface area contributed by atoms with Gasteiger partial charge in [-0.2, -0.15) is 13.2 Å². The van der Waals surface area contributed by atoms with Crippen molar-refractivity contribution in [3.8, 4) is 0 Å². The fourth-order valence-electron chi connectivity index (χ4n) is 5.26. The quantitative estimate of drug-likeness (QED) is 0.218. The van der Waals surface area contributed by atoms with Gasteiger partial charge in [0.15, 0.2) is 9.84 Å². The molecule has 1 saturated carbocycles. The molecule has 258 valence electrons. The third-order valence-electron chi connectivity index (χ3n) is 7.86. The molecule has 0 spiro atoms. The number of cyclic esters (lactones) is 1. The van der Waals surface area contributed by atoms with Gasteiger partial charge in [0.05, 0.1) is 16.8 Å². The summed E-state index contributed by atoms with van der Waals surface area (Å²) in [6.45, 7) is 0.144. The van der Waals surface area contributed by atoms with Crippen molar-refractivity contribution in [2.45, 2.75) is 48.2 Å². The van der Waals surface area contributed by atoms with Gasteiger partial charge in [0, 0.05) is 43.0 Å². The van der Waals surface area contributed by atoms with Crippen molar-refractivity contribution in [3.05, 3.63) is 89.6 Å². The molecule has 12 nitrogen and oxygen atoms in total. The summed E-state index contributed by atoms with van der Waals surface area (Å²) < 4.78 is 63.7. The monoisotopic (exact) mass is 699 g/mol. The maximum Gasteiger partial charge on any atom is 0.490 e. The van der Waals surface area contributed by atoms with Crippen LogP contribution in [0.15, 0.2) is 77.8 Å². The van der Waals surface area contributed by atoms with Crippen LogP contribution in [-0.2, 0) is 37.1 Å². The molecule has 4 bridgehead atoms. The van der Waals surface area contributed by atoms with E-state index >= 15 is 0 Å². The summed E-state index contributed by atoms with van der Waals surface area (Å²) in [5.41, 5.74) is 9.17. The second-order valence-corrected chi connectivity index (χ2v) is 13.7. The summed E-state index contributed by atoms with van der Waals surface area (Å²) in [7, 11) is -1.93. The number of benzene rings is 3. The SMILES string of the molecule is CN1Cc2cc(ccc2S(=O)(=O)C2CC2)NC(=O)OCCc2cccc(c2)[C@@H](Nc2ccc3c(N)nccc3c2)C1=O.O=C(O)C(F)(F)F. The Morgan fingerprint density at radius 1 is 1.08 bits per heavy atom. The van der Waals surface area contributed by atoms with E-state index in [0.29, 0.717) is 42.0 Å². The minimum Gasteiger partial charge on any atom is -0.475 e. The number of aromatic nitrogens is 1. The Hall–Kier alpha value is -5.38. The standard InChI is InChI=1S/C31H31N5O5S.C2HF3O2/c1-36-18-22-17-24(6-10-27(22)42(39,40)25-7-8-25)35-31(38)41-14-12-19-3-2-4-21(15-19)28(30(36)37)34-23-5-9-26-20(16-23)11-13-33-29(26)32;3-2(4,5)1(6)7/h2-6,9-11,13,15-17,25,28,34H,7-8,12,14,18H2,1H3,(H2,32,33)(H,35,38);(H,6,7)/t28-;/m1./s1. The average molecular weight is 700 g/mol. The third-order valence-corrected chi connectivity index (χ3v) is 10.2. The molecule has 1 fully saturated rings. The van der Waals surface area contributed by atoms with Crippen molar-refractivity contribution in [2.24, 2.45) is 0 Å². The molecule has 5 N–H and O–H groups in total. The molecule has 1 aliphatic heterocycles. The molecule has 16 heteroatoms. The van der Waals surface area contributed by atoms with Crippen molar-refractivity contribution >= 4 is 55.8 Å². The number of nitrogens with two attached hydrogens (primary N) is 1. The van der Waals surface area contributed by atoms with E-state index in [4.69, 9.17) is 20.4 Å². The van der Waals surface area contributed by atoms with Gasteiger partial charge in [-0.15, -0.1) is 0 Å². The molecule has 4 aromatic rings. The van der Waals surface area contributed by atoms with Crippen LogP contribution in [0.2, 0.25) is 0 Å². The zero-order valence-electron chi connectivity index (χ0n) is 26.0. The van der Waals surface area contributed by atoms with E-state index < -0.39 is 39.4 Å². The Morgan fingerprint density at radius 2 is 1.82 bits per heavy atom. The lowest BCUT2D eigenvalue weighted by Gasteiger charge is -2.27. The number of carboxylic acid groups (broad SMARTS) is 1.